The third kappa shape index (κ3) is 2.73. The van der Waals surface area contributed by atoms with Crippen molar-refractivity contribution < 1.29 is 9.59 Å². The van der Waals surface area contributed by atoms with Crippen molar-refractivity contribution in [3.05, 3.63) is 20.9 Å². The average molecular weight is 317 g/mol. The summed E-state index contributed by atoms with van der Waals surface area (Å²) in [5.41, 5.74) is 2.11. The molecule has 0 radical (unpaired) electrons. The summed E-state index contributed by atoms with van der Waals surface area (Å²) in [5.74, 6) is 1.82. The number of thiophene rings is 1. The quantitative estimate of drug-likeness (QED) is 0.873. The summed E-state index contributed by atoms with van der Waals surface area (Å²) >= 11 is 1.72. The molecule has 3 nitrogen and oxygen atoms in total. The van der Waals surface area contributed by atoms with Crippen molar-refractivity contribution >= 4 is 23.0 Å². The first kappa shape index (κ1) is 14.4. The number of amides is 1. The monoisotopic (exact) mass is 317 g/mol. The largest absolute Gasteiger partial charge is 0.352 e. The van der Waals surface area contributed by atoms with E-state index < -0.39 is 0 Å². The number of rotatable bonds is 6. The van der Waals surface area contributed by atoms with Crippen LogP contribution in [0.5, 0.6) is 0 Å². The van der Waals surface area contributed by atoms with Crippen LogP contribution in [0, 0.1) is 11.8 Å². The van der Waals surface area contributed by atoms with Gasteiger partial charge in [0.1, 0.15) is 5.78 Å². The number of ketones is 1. The van der Waals surface area contributed by atoms with Gasteiger partial charge in [0.2, 0.25) is 0 Å². The number of nitrogens with one attached hydrogen (secondary N) is 1. The van der Waals surface area contributed by atoms with Crippen LogP contribution in [0.1, 0.15) is 70.6 Å². The van der Waals surface area contributed by atoms with Gasteiger partial charge in [-0.25, -0.2) is 0 Å². The Labute approximate surface area is 135 Å². The number of carbonyl (C=O) groups excluding carboxylic acids is 2. The van der Waals surface area contributed by atoms with E-state index in [4.69, 9.17) is 0 Å². The van der Waals surface area contributed by atoms with Crippen molar-refractivity contribution in [3.8, 4) is 0 Å². The Kier molecular flexibility index (Phi) is 3.60. The fraction of sp³-hybridized carbons (Fsp3) is 0.667. The standard InChI is InChI=1S/C18H23NO2S/c1-10-2-7-14-16(10)17(18(21)19-9-11-3-4-11)15(22-14)8-13(20)12-5-6-12/h10-12H,2-9H2,1H3,(H,19,21)/t10-/m0/s1. The third-order valence-electron chi connectivity index (χ3n) is 5.23. The average Bonchev–Trinajstić information content (AvgIpc) is 3.39. The van der Waals surface area contributed by atoms with Crippen LogP contribution in [0.4, 0.5) is 0 Å². The van der Waals surface area contributed by atoms with Gasteiger partial charge in [0.25, 0.3) is 5.91 Å². The van der Waals surface area contributed by atoms with Crippen molar-refractivity contribution in [1.82, 2.24) is 5.32 Å². The molecule has 1 aromatic heterocycles. The minimum absolute atomic E-state index is 0.0664. The predicted molar refractivity (Wildman–Crippen MR) is 87.5 cm³/mol. The van der Waals surface area contributed by atoms with Crippen molar-refractivity contribution in [2.24, 2.45) is 11.8 Å². The fourth-order valence-electron chi connectivity index (χ4n) is 3.47. The first-order chi connectivity index (χ1) is 10.6. The van der Waals surface area contributed by atoms with E-state index in [1.807, 2.05) is 0 Å². The Morgan fingerprint density at radius 2 is 1.95 bits per heavy atom. The maximum Gasteiger partial charge on any atom is 0.252 e. The van der Waals surface area contributed by atoms with Crippen molar-refractivity contribution in [3.63, 3.8) is 0 Å². The molecular formula is C18H23NO2S. The molecule has 0 aliphatic heterocycles. The second-order valence-electron chi connectivity index (χ2n) is 7.25. The normalized spacial score (nSPS) is 23.4. The number of hydrogen-bond donors (Lipinski definition) is 1. The molecule has 1 heterocycles. The molecule has 0 bridgehead atoms. The van der Waals surface area contributed by atoms with Gasteiger partial charge in [0.15, 0.2) is 0 Å². The van der Waals surface area contributed by atoms with Crippen molar-refractivity contribution in [2.45, 2.75) is 57.8 Å². The zero-order valence-electron chi connectivity index (χ0n) is 13.1. The van der Waals surface area contributed by atoms with Gasteiger partial charge in [-0.1, -0.05) is 6.92 Å². The van der Waals surface area contributed by atoms with Crippen LogP contribution in [0.2, 0.25) is 0 Å². The van der Waals surface area contributed by atoms with Crippen LogP contribution in [-0.2, 0) is 17.6 Å². The lowest BCUT2D eigenvalue weighted by atomic mass is 9.98. The van der Waals surface area contributed by atoms with Crippen LogP contribution in [0.25, 0.3) is 0 Å². The Morgan fingerprint density at radius 3 is 2.64 bits per heavy atom. The predicted octanol–water partition coefficient (Wildman–Crippen LogP) is 3.46. The summed E-state index contributed by atoms with van der Waals surface area (Å²) in [5, 5.41) is 3.11. The lowest BCUT2D eigenvalue weighted by molar-refractivity contribution is -0.119. The smallest absolute Gasteiger partial charge is 0.252 e. The van der Waals surface area contributed by atoms with Crippen LogP contribution < -0.4 is 5.32 Å². The van der Waals surface area contributed by atoms with Crippen LogP contribution in [0.15, 0.2) is 0 Å². The Bertz CT molecular complexity index is 625. The van der Waals surface area contributed by atoms with Gasteiger partial charge in [-0.15, -0.1) is 11.3 Å². The molecule has 22 heavy (non-hydrogen) atoms. The van der Waals surface area contributed by atoms with E-state index in [9.17, 15) is 9.59 Å². The lowest BCUT2D eigenvalue weighted by Gasteiger charge is -2.10. The van der Waals surface area contributed by atoms with E-state index in [0.717, 1.165) is 42.7 Å². The molecule has 2 saturated carbocycles. The maximum atomic E-state index is 12.7. The maximum absolute atomic E-state index is 12.7. The Morgan fingerprint density at radius 1 is 1.18 bits per heavy atom. The molecule has 0 spiro atoms. The number of aryl methyl sites for hydroxylation is 1. The molecule has 3 aliphatic carbocycles. The second kappa shape index (κ2) is 5.48. The van der Waals surface area contributed by atoms with E-state index in [-0.39, 0.29) is 11.8 Å². The molecule has 1 N–H and O–H groups in total. The topological polar surface area (TPSA) is 46.2 Å². The van der Waals surface area contributed by atoms with Crippen LogP contribution in [-0.4, -0.2) is 18.2 Å². The van der Waals surface area contributed by atoms with E-state index in [2.05, 4.69) is 12.2 Å². The highest BCUT2D eigenvalue weighted by Gasteiger charge is 2.35. The van der Waals surface area contributed by atoms with E-state index >= 15 is 0 Å². The summed E-state index contributed by atoms with van der Waals surface area (Å²) in [4.78, 5) is 27.3. The highest BCUT2D eigenvalue weighted by Crippen LogP contribution is 2.43. The molecule has 4 rings (SSSR count). The molecule has 1 aromatic rings. The van der Waals surface area contributed by atoms with Crippen molar-refractivity contribution in [1.29, 1.82) is 0 Å². The summed E-state index contributed by atoms with van der Waals surface area (Å²) in [6.45, 7) is 3.01. The van der Waals surface area contributed by atoms with Crippen LogP contribution in [0.3, 0.4) is 0 Å². The summed E-state index contributed by atoms with van der Waals surface area (Å²) < 4.78 is 0. The number of hydrogen-bond acceptors (Lipinski definition) is 3. The highest BCUT2D eigenvalue weighted by atomic mass is 32.1. The van der Waals surface area contributed by atoms with Gasteiger partial charge in [-0.3, -0.25) is 9.59 Å². The lowest BCUT2D eigenvalue weighted by Crippen LogP contribution is -2.27. The summed E-state index contributed by atoms with van der Waals surface area (Å²) in [6, 6.07) is 0. The van der Waals surface area contributed by atoms with Crippen LogP contribution >= 0.6 is 11.3 Å². The molecule has 0 unspecified atom stereocenters. The minimum Gasteiger partial charge on any atom is -0.352 e. The van der Waals surface area contributed by atoms with Gasteiger partial charge >= 0.3 is 0 Å². The number of carbonyl (C=O) groups is 2. The Balaban J connectivity index is 1.60. The molecular weight excluding hydrogens is 294 g/mol. The van der Waals surface area contributed by atoms with Gasteiger partial charge in [0, 0.05) is 28.6 Å². The Hall–Kier alpha value is -1.16. The number of fused-ring (bicyclic) bond motifs is 1. The zero-order valence-corrected chi connectivity index (χ0v) is 13.9. The van der Waals surface area contributed by atoms with E-state index in [1.54, 1.807) is 11.3 Å². The zero-order chi connectivity index (χ0) is 15.3. The molecule has 0 aromatic carbocycles. The molecule has 4 heteroatoms. The second-order valence-corrected chi connectivity index (χ2v) is 8.44. The van der Waals surface area contributed by atoms with E-state index in [0.29, 0.717) is 24.0 Å². The van der Waals surface area contributed by atoms with Gasteiger partial charge in [0.05, 0.1) is 5.56 Å². The van der Waals surface area contributed by atoms with Gasteiger partial charge < -0.3 is 5.32 Å². The molecule has 1 atom stereocenters. The molecule has 3 aliphatic rings. The first-order valence-electron chi connectivity index (χ1n) is 8.58. The van der Waals surface area contributed by atoms with Crippen molar-refractivity contribution in [2.75, 3.05) is 6.54 Å². The minimum atomic E-state index is 0.0664. The fourth-order valence-corrected chi connectivity index (χ4v) is 4.92. The molecule has 2 fully saturated rings. The third-order valence-corrected chi connectivity index (χ3v) is 6.50. The van der Waals surface area contributed by atoms with Gasteiger partial charge in [-0.2, -0.15) is 0 Å². The molecule has 118 valence electrons. The first-order valence-corrected chi connectivity index (χ1v) is 9.40. The van der Waals surface area contributed by atoms with E-state index in [1.165, 1.54) is 23.3 Å². The van der Waals surface area contributed by atoms with Gasteiger partial charge in [-0.05, 0) is 55.9 Å². The summed E-state index contributed by atoms with van der Waals surface area (Å²) in [7, 11) is 0. The summed E-state index contributed by atoms with van der Waals surface area (Å²) in [6.07, 6.45) is 7.26. The number of Topliss-reactive ketones (excluding diaryl/α,β-unsaturated/α-hetero) is 1. The molecule has 1 amide bonds. The molecule has 0 saturated heterocycles. The SMILES string of the molecule is C[C@H]1CCc2sc(CC(=O)C3CC3)c(C(=O)NCC3CC3)c21. The highest BCUT2D eigenvalue weighted by molar-refractivity contribution is 7.12.